The molecule has 0 aliphatic heterocycles. The van der Waals surface area contributed by atoms with E-state index in [1.54, 1.807) is 0 Å². The molecule has 3 rings (SSSR count). The number of allylic oxidation sites excluding steroid dienone is 1. The quantitative estimate of drug-likeness (QED) is 0.589. The fraction of sp³-hybridized carbons (Fsp3) is 0.556. The maximum absolute atomic E-state index is 14.5. The highest BCUT2D eigenvalue weighted by Crippen LogP contribution is 2.38. The molecule has 0 bridgehead atoms. The monoisotopic (exact) mass is 344 g/mol. The van der Waals surface area contributed by atoms with Gasteiger partial charge in [-0.1, -0.05) is 31.4 Å². The maximum atomic E-state index is 14.5. The summed E-state index contributed by atoms with van der Waals surface area (Å²) in [6.45, 7) is 0.260. The Balaban J connectivity index is 1.77. The first-order valence-corrected chi connectivity index (χ1v) is 8.31. The third-order valence-corrected chi connectivity index (χ3v) is 4.49. The Morgan fingerprint density at radius 1 is 1.12 bits per heavy atom. The van der Waals surface area contributed by atoms with Gasteiger partial charge in [0.1, 0.15) is 0 Å². The molecule has 2 fully saturated rings. The van der Waals surface area contributed by atoms with Crippen LogP contribution in [-0.2, 0) is 0 Å². The van der Waals surface area contributed by atoms with Crippen LogP contribution in [-0.4, -0.2) is 13.0 Å². The SMILES string of the molecule is Fc1c(/C=C/C2CCC2)ccc(OCCC2CC2)c1OC(F)(F)F. The maximum Gasteiger partial charge on any atom is 0.573 e. The highest BCUT2D eigenvalue weighted by Gasteiger charge is 2.35. The van der Waals surface area contributed by atoms with Crippen LogP contribution in [0.2, 0.25) is 0 Å². The second kappa shape index (κ2) is 7.03. The van der Waals surface area contributed by atoms with Gasteiger partial charge in [0.05, 0.1) is 6.61 Å². The van der Waals surface area contributed by atoms with Crippen LogP contribution < -0.4 is 9.47 Å². The van der Waals surface area contributed by atoms with Crippen LogP contribution in [0.3, 0.4) is 0 Å². The first-order chi connectivity index (χ1) is 11.4. The molecule has 132 valence electrons. The van der Waals surface area contributed by atoms with E-state index in [0.29, 0.717) is 11.8 Å². The van der Waals surface area contributed by atoms with Gasteiger partial charge in [-0.2, -0.15) is 0 Å². The van der Waals surface area contributed by atoms with E-state index < -0.39 is 17.9 Å². The predicted octanol–water partition coefficient (Wildman–Crippen LogP) is 5.72. The zero-order valence-electron chi connectivity index (χ0n) is 13.2. The van der Waals surface area contributed by atoms with Crippen molar-refractivity contribution in [2.45, 2.75) is 44.9 Å². The fourth-order valence-corrected chi connectivity index (χ4v) is 2.62. The van der Waals surface area contributed by atoms with Crippen molar-refractivity contribution in [1.29, 1.82) is 0 Å². The molecule has 0 heterocycles. The summed E-state index contributed by atoms with van der Waals surface area (Å²) in [6, 6.07) is 2.78. The third-order valence-electron chi connectivity index (χ3n) is 4.49. The van der Waals surface area contributed by atoms with Gasteiger partial charge in [0.2, 0.25) is 5.75 Å². The molecule has 1 aromatic rings. The van der Waals surface area contributed by atoms with Crippen molar-refractivity contribution in [3.05, 3.63) is 29.6 Å². The molecule has 0 saturated heterocycles. The normalized spacial score (nSPS) is 18.7. The molecule has 2 aliphatic rings. The molecular weight excluding hydrogens is 324 g/mol. The molecule has 0 unspecified atom stereocenters. The molecule has 0 atom stereocenters. The van der Waals surface area contributed by atoms with Crippen molar-refractivity contribution < 1.29 is 27.0 Å². The lowest BCUT2D eigenvalue weighted by Crippen LogP contribution is -2.19. The molecule has 6 heteroatoms. The number of hydrogen-bond donors (Lipinski definition) is 0. The lowest BCUT2D eigenvalue weighted by molar-refractivity contribution is -0.276. The van der Waals surface area contributed by atoms with Gasteiger partial charge in [-0.05, 0) is 43.2 Å². The van der Waals surface area contributed by atoms with Gasteiger partial charge < -0.3 is 9.47 Å². The second-order valence-corrected chi connectivity index (χ2v) is 6.47. The summed E-state index contributed by atoms with van der Waals surface area (Å²) in [5.74, 6) is -1.16. The first kappa shape index (κ1) is 17.1. The van der Waals surface area contributed by atoms with Gasteiger partial charge in [0.25, 0.3) is 0 Å². The Labute approximate surface area is 138 Å². The average Bonchev–Trinajstić information content (AvgIpc) is 3.26. The average molecular weight is 344 g/mol. The van der Waals surface area contributed by atoms with Crippen LogP contribution in [0.5, 0.6) is 11.5 Å². The summed E-state index contributed by atoms with van der Waals surface area (Å²) in [5.41, 5.74) is 0.0793. The number of alkyl halides is 3. The van der Waals surface area contributed by atoms with Crippen LogP contribution in [0.4, 0.5) is 17.6 Å². The Morgan fingerprint density at radius 2 is 1.88 bits per heavy atom. The smallest absolute Gasteiger partial charge is 0.490 e. The van der Waals surface area contributed by atoms with Crippen molar-refractivity contribution in [3.63, 3.8) is 0 Å². The summed E-state index contributed by atoms with van der Waals surface area (Å²) in [5, 5.41) is 0. The molecule has 2 aliphatic carbocycles. The van der Waals surface area contributed by atoms with E-state index in [9.17, 15) is 17.6 Å². The zero-order valence-corrected chi connectivity index (χ0v) is 13.2. The topological polar surface area (TPSA) is 18.5 Å². The van der Waals surface area contributed by atoms with Gasteiger partial charge in [-0.15, -0.1) is 13.2 Å². The van der Waals surface area contributed by atoms with Gasteiger partial charge in [0, 0.05) is 5.56 Å². The lowest BCUT2D eigenvalue weighted by Gasteiger charge is -2.21. The molecule has 0 spiro atoms. The van der Waals surface area contributed by atoms with E-state index in [4.69, 9.17) is 4.74 Å². The van der Waals surface area contributed by atoms with Crippen LogP contribution in [0.25, 0.3) is 6.08 Å². The van der Waals surface area contributed by atoms with Crippen LogP contribution in [0.15, 0.2) is 18.2 Å². The van der Waals surface area contributed by atoms with E-state index in [2.05, 4.69) is 4.74 Å². The number of benzene rings is 1. The fourth-order valence-electron chi connectivity index (χ4n) is 2.62. The zero-order chi connectivity index (χ0) is 17.2. The third kappa shape index (κ3) is 4.65. The van der Waals surface area contributed by atoms with E-state index in [1.807, 2.05) is 6.08 Å². The highest BCUT2D eigenvalue weighted by molar-refractivity contribution is 5.57. The van der Waals surface area contributed by atoms with Crippen molar-refractivity contribution in [1.82, 2.24) is 0 Å². The first-order valence-electron chi connectivity index (χ1n) is 8.31. The van der Waals surface area contributed by atoms with E-state index >= 15 is 0 Å². The van der Waals surface area contributed by atoms with Gasteiger partial charge in [-0.3, -0.25) is 0 Å². The Hall–Kier alpha value is -1.72. The molecule has 0 amide bonds. The van der Waals surface area contributed by atoms with Gasteiger partial charge in [-0.25, -0.2) is 4.39 Å². The van der Waals surface area contributed by atoms with E-state index in [-0.39, 0.29) is 17.9 Å². The minimum absolute atomic E-state index is 0.0793. The van der Waals surface area contributed by atoms with E-state index in [0.717, 1.165) is 38.5 Å². The molecular formula is C18H20F4O2. The lowest BCUT2D eigenvalue weighted by atomic mass is 9.85. The number of hydrogen-bond acceptors (Lipinski definition) is 2. The minimum Gasteiger partial charge on any atom is -0.490 e. The predicted molar refractivity (Wildman–Crippen MR) is 82.3 cm³/mol. The van der Waals surface area contributed by atoms with Gasteiger partial charge >= 0.3 is 6.36 Å². The summed E-state index contributed by atoms with van der Waals surface area (Å²) in [7, 11) is 0. The largest absolute Gasteiger partial charge is 0.573 e. The molecule has 2 nitrogen and oxygen atoms in total. The van der Waals surface area contributed by atoms with Gasteiger partial charge in [0.15, 0.2) is 11.6 Å². The van der Waals surface area contributed by atoms with Crippen molar-refractivity contribution in [3.8, 4) is 11.5 Å². The molecule has 0 radical (unpaired) electrons. The molecule has 0 N–H and O–H groups in total. The van der Waals surface area contributed by atoms with Crippen molar-refractivity contribution >= 4 is 6.08 Å². The Kier molecular flexibility index (Phi) is 5.01. The number of ether oxygens (including phenoxy) is 2. The van der Waals surface area contributed by atoms with E-state index in [1.165, 1.54) is 18.2 Å². The molecule has 1 aromatic carbocycles. The summed E-state index contributed by atoms with van der Waals surface area (Å²) >= 11 is 0. The van der Waals surface area contributed by atoms with Crippen LogP contribution >= 0.6 is 0 Å². The number of halogens is 4. The minimum atomic E-state index is -4.97. The van der Waals surface area contributed by atoms with Crippen LogP contribution in [0.1, 0.15) is 44.1 Å². The number of rotatable bonds is 7. The molecule has 24 heavy (non-hydrogen) atoms. The standard InChI is InChI=1S/C18H20F4O2/c19-16-14(7-6-12-2-1-3-12)8-9-15(17(16)24-18(20,21)22)23-11-10-13-4-5-13/h6-9,12-13H,1-5,10-11H2/b7-6+. The van der Waals surface area contributed by atoms with Crippen molar-refractivity contribution in [2.75, 3.05) is 6.61 Å². The summed E-state index contributed by atoms with van der Waals surface area (Å²) in [4.78, 5) is 0. The Morgan fingerprint density at radius 3 is 2.46 bits per heavy atom. The Bertz CT molecular complexity index is 602. The summed E-state index contributed by atoms with van der Waals surface area (Å²) in [6.07, 6.45) is 4.60. The summed E-state index contributed by atoms with van der Waals surface area (Å²) < 4.78 is 61.5. The van der Waals surface area contributed by atoms with Crippen LogP contribution in [0, 0.1) is 17.7 Å². The molecule has 2 saturated carbocycles. The molecule has 0 aromatic heterocycles. The second-order valence-electron chi connectivity index (χ2n) is 6.47. The van der Waals surface area contributed by atoms with Crippen molar-refractivity contribution in [2.24, 2.45) is 11.8 Å². The highest BCUT2D eigenvalue weighted by atomic mass is 19.4.